The van der Waals surface area contributed by atoms with E-state index in [0.717, 1.165) is 6.42 Å². The Morgan fingerprint density at radius 3 is 2.50 bits per heavy atom. The Morgan fingerprint density at radius 2 is 1.86 bits per heavy atom. The molecule has 0 fully saturated rings. The second-order valence-electron chi connectivity index (χ2n) is 4.97. The molecule has 0 unspecified atom stereocenters. The smallest absolute Gasteiger partial charge is 0.287 e. The summed E-state index contributed by atoms with van der Waals surface area (Å²) in [5.74, 6) is 0.0124. The number of amides is 2. The van der Waals surface area contributed by atoms with Crippen LogP contribution in [0.4, 0.5) is 0 Å². The molecule has 2 amide bonds. The maximum Gasteiger partial charge on any atom is 0.287 e. The van der Waals surface area contributed by atoms with Gasteiger partial charge in [0, 0.05) is 26.6 Å². The summed E-state index contributed by atoms with van der Waals surface area (Å²) >= 11 is 0. The molecular weight excluding hydrogens is 280 g/mol. The molecule has 0 radical (unpaired) electrons. The highest BCUT2D eigenvalue weighted by Gasteiger charge is 2.11. The van der Waals surface area contributed by atoms with Gasteiger partial charge in [-0.05, 0) is 24.1 Å². The topological polar surface area (TPSA) is 62.6 Å². The molecule has 2 aromatic rings. The van der Waals surface area contributed by atoms with Gasteiger partial charge in [0.1, 0.15) is 0 Å². The summed E-state index contributed by atoms with van der Waals surface area (Å²) in [6, 6.07) is 13.3. The van der Waals surface area contributed by atoms with Crippen molar-refractivity contribution in [2.24, 2.45) is 0 Å². The fraction of sp³-hybridized carbons (Fsp3) is 0.294. The van der Waals surface area contributed by atoms with E-state index >= 15 is 0 Å². The van der Waals surface area contributed by atoms with Crippen molar-refractivity contribution in [3.8, 4) is 0 Å². The Labute approximate surface area is 129 Å². The Balaban J connectivity index is 1.77. The molecule has 116 valence electrons. The Hall–Kier alpha value is -2.56. The lowest BCUT2D eigenvalue weighted by molar-refractivity contribution is -0.128. The highest BCUT2D eigenvalue weighted by Crippen LogP contribution is 2.02. The van der Waals surface area contributed by atoms with E-state index in [4.69, 9.17) is 4.42 Å². The zero-order chi connectivity index (χ0) is 15.8. The van der Waals surface area contributed by atoms with Gasteiger partial charge in [-0.25, -0.2) is 0 Å². The first-order valence-electron chi connectivity index (χ1n) is 7.28. The van der Waals surface area contributed by atoms with Crippen LogP contribution in [0.25, 0.3) is 0 Å². The van der Waals surface area contributed by atoms with Gasteiger partial charge in [0.15, 0.2) is 5.76 Å². The lowest BCUT2D eigenvalue weighted by Gasteiger charge is -2.21. The van der Waals surface area contributed by atoms with Crippen molar-refractivity contribution < 1.29 is 14.0 Å². The SMILES string of the molecule is CC(=O)N(CCNC(=O)c1ccco1)CCc1ccccc1. The molecule has 0 saturated heterocycles. The number of hydrogen-bond acceptors (Lipinski definition) is 3. The van der Waals surface area contributed by atoms with Crippen molar-refractivity contribution in [1.82, 2.24) is 10.2 Å². The Kier molecular flexibility index (Phi) is 5.77. The summed E-state index contributed by atoms with van der Waals surface area (Å²) in [5, 5.41) is 2.74. The van der Waals surface area contributed by atoms with Gasteiger partial charge < -0.3 is 14.6 Å². The summed E-state index contributed by atoms with van der Waals surface area (Å²) in [4.78, 5) is 25.1. The van der Waals surface area contributed by atoms with Gasteiger partial charge in [-0.1, -0.05) is 30.3 Å². The maximum absolute atomic E-state index is 11.7. The number of hydrogen-bond donors (Lipinski definition) is 1. The van der Waals surface area contributed by atoms with Crippen LogP contribution in [0.1, 0.15) is 23.0 Å². The molecular formula is C17H20N2O3. The summed E-state index contributed by atoms with van der Waals surface area (Å²) in [6.07, 6.45) is 2.25. The van der Waals surface area contributed by atoms with E-state index in [1.165, 1.54) is 11.8 Å². The molecule has 0 saturated carbocycles. The lowest BCUT2D eigenvalue weighted by Crippen LogP contribution is -2.38. The van der Waals surface area contributed by atoms with Crippen molar-refractivity contribution in [2.75, 3.05) is 19.6 Å². The van der Waals surface area contributed by atoms with E-state index in [9.17, 15) is 9.59 Å². The summed E-state index contributed by atoms with van der Waals surface area (Å²) < 4.78 is 5.01. The molecule has 0 bridgehead atoms. The first-order valence-corrected chi connectivity index (χ1v) is 7.28. The maximum atomic E-state index is 11.7. The van der Waals surface area contributed by atoms with Crippen LogP contribution < -0.4 is 5.32 Å². The molecule has 1 N–H and O–H groups in total. The van der Waals surface area contributed by atoms with E-state index in [1.807, 2.05) is 30.3 Å². The fourth-order valence-corrected chi connectivity index (χ4v) is 2.13. The molecule has 1 heterocycles. The van der Waals surface area contributed by atoms with Crippen LogP contribution in [-0.4, -0.2) is 36.3 Å². The molecule has 5 heteroatoms. The molecule has 0 atom stereocenters. The van der Waals surface area contributed by atoms with Crippen molar-refractivity contribution in [2.45, 2.75) is 13.3 Å². The van der Waals surface area contributed by atoms with E-state index in [0.29, 0.717) is 19.6 Å². The van der Waals surface area contributed by atoms with Gasteiger partial charge in [0.05, 0.1) is 6.26 Å². The number of benzene rings is 1. The van der Waals surface area contributed by atoms with Crippen LogP contribution in [0.15, 0.2) is 53.1 Å². The van der Waals surface area contributed by atoms with Crippen molar-refractivity contribution in [3.05, 3.63) is 60.1 Å². The predicted octanol–water partition coefficient (Wildman–Crippen LogP) is 2.10. The first kappa shape index (κ1) is 15.8. The molecule has 1 aromatic heterocycles. The van der Waals surface area contributed by atoms with Crippen molar-refractivity contribution >= 4 is 11.8 Å². The number of furan rings is 1. The second-order valence-corrected chi connectivity index (χ2v) is 4.97. The zero-order valence-electron chi connectivity index (χ0n) is 12.6. The number of carbonyl (C=O) groups excluding carboxylic acids is 2. The molecule has 0 aliphatic carbocycles. The highest BCUT2D eigenvalue weighted by molar-refractivity contribution is 5.91. The summed E-state index contributed by atoms with van der Waals surface area (Å²) in [6.45, 7) is 3.05. The number of carbonyl (C=O) groups is 2. The van der Waals surface area contributed by atoms with Gasteiger partial charge in [-0.15, -0.1) is 0 Å². The van der Waals surface area contributed by atoms with E-state index in [2.05, 4.69) is 5.32 Å². The third-order valence-electron chi connectivity index (χ3n) is 3.37. The van der Waals surface area contributed by atoms with E-state index in [1.54, 1.807) is 24.0 Å². The molecule has 0 spiro atoms. The van der Waals surface area contributed by atoms with Gasteiger partial charge in [0.25, 0.3) is 5.91 Å². The minimum atomic E-state index is -0.267. The van der Waals surface area contributed by atoms with Gasteiger partial charge in [0.2, 0.25) is 5.91 Å². The van der Waals surface area contributed by atoms with Gasteiger partial charge >= 0.3 is 0 Å². The average molecular weight is 300 g/mol. The summed E-state index contributed by atoms with van der Waals surface area (Å²) in [7, 11) is 0. The molecule has 1 aromatic carbocycles. The Bertz CT molecular complexity index is 594. The van der Waals surface area contributed by atoms with Gasteiger partial charge in [-0.2, -0.15) is 0 Å². The van der Waals surface area contributed by atoms with Crippen LogP contribution in [0, 0.1) is 0 Å². The molecule has 0 aliphatic heterocycles. The zero-order valence-corrected chi connectivity index (χ0v) is 12.6. The standard InChI is InChI=1S/C17H20N2O3/c1-14(20)19(11-9-15-6-3-2-4-7-15)12-10-18-17(21)16-8-5-13-22-16/h2-8,13H,9-12H2,1H3,(H,18,21). The van der Waals surface area contributed by atoms with Crippen molar-refractivity contribution in [3.63, 3.8) is 0 Å². The second kappa shape index (κ2) is 8.02. The van der Waals surface area contributed by atoms with E-state index in [-0.39, 0.29) is 17.6 Å². The van der Waals surface area contributed by atoms with Crippen molar-refractivity contribution in [1.29, 1.82) is 0 Å². The van der Waals surface area contributed by atoms with Crippen LogP contribution in [0.2, 0.25) is 0 Å². The van der Waals surface area contributed by atoms with Crippen LogP contribution in [-0.2, 0) is 11.2 Å². The third kappa shape index (κ3) is 4.77. The molecule has 0 aliphatic rings. The van der Waals surface area contributed by atoms with E-state index < -0.39 is 0 Å². The number of nitrogens with zero attached hydrogens (tertiary/aromatic N) is 1. The number of rotatable bonds is 7. The fourth-order valence-electron chi connectivity index (χ4n) is 2.13. The van der Waals surface area contributed by atoms with Crippen LogP contribution in [0.5, 0.6) is 0 Å². The molecule has 2 rings (SSSR count). The quantitative estimate of drug-likeness (QED) is 0.851. The predicted molar refractivity (Wildman–Crippen MR) is 83.4 cm³/mol. The third-order valence-corrected chi connectivity index (χ3v) is 3.37. The normalized spacial score (nSPS) is 10.2. The average Bonchev–Trinajstić information content (AvgIpc) is 3.05. The minimum absolute atomic E-state index is 0.00294. The molecule has 5 nitrogen and oxygen atoms in total. The highest BCUT2D eigenvalue weighted by atomic mass is 16.3. The van der Waals surface area contributed by atoms with Crippen LogP contribution in [0.3, 0.4) is 0 Å². The monoisotopic (exact) mass is 300 g/mol. The largest absolute Gasteiger partial charge is 0.459 e. The lowest BCUT2D eigenvalue weighted by atomic mass is 10.1. The van der Waals surface area contributed by atoms with Gasteiger partial charge in [-0.3, -0.25) is 9.59 Å². The summed E-state index contributed by atoms with van der Waals surface area (Å²) in [5.41, 5.74) is 1.19. The molecule has 22 heavy (non-hydrogen) atoms. The Morgan fingerprint density at radius 1 is 1.09 bits per heavy atom. The number of nitrogens with one attached hydrogen (secondary N) is 1. The minimum Gasteiger partial charge on any atom is -0.459 e. The first-order chi connectivity index (χ1) is 10.7. The van der Waals surface area contributed by atoms with Crippen LogP contribution >= 0.6 is 0 Å².